The Bertz CT molecular complexity index is 893. The molecule has 2 amide bonds. The lowest BCUT2D eigenvalue weighted by atomic mass is 9.85. The van der Waals surface area contributed by atoms with Gasteiger partial charge in [-0.1, -0.05) is 54.6 Å². The van der Waals surface area contributed by atoms with Crippen molar-refractivity contribution in [1.82, 2.24) is 0 Å². The third kappa shape index (κ3) is 3.28. The summed E-state index contributed by atoms with van der Waals surface area (Å²) in [5.74, 6) is -1.30. The Morgan fingerprint density at radius 3 is 2.15 bits per heavy atom. The normalized spacial score (nSPS) is 21.3. The van der Waals surface area contributed by atoms with Gasteiger partial charge in [-0.05, 0) is 30.5 Å². The topological polar surface area (TPSA) is 63.7 Å². The van der Waals surface area contributed by atoms with Crippen molar-refractivity contribution in [3.8, 4) is 5.75 Å². The number of hydrogen-bond acceptors (Lipinski definition) is 4. The van der Waals surface area contributed by atoms with Crippen molar-refractivity contribution in [2.45, 2.75) is 19.3 Å². The highest BCUT2D eigenvalue weighted by Crippen LogP contribution is 2.40. The first-order valence-electron chi connectivity index (χ1n) is 9.01. The number of para-hydroxylation sites is 2. The molecular formula is C22H19NO4. The molecule has 1 aliphatic heterocycles. The fourth-order valence-corrected chi connectivity index (χ4v) is 3.69. The largest absolute Gasteiger partial charge is 0.424 e. The molecule has 0 saturated carbocycles. The maximum atomic E-state index is 12.8. The van der Waals surface area contributed by atoms with E-state index in [0.29, 0.717) is 18.5 Å². The molecule has 2 aliphatic rings. The number of fused-ring (bicyclic) bond motifs is 1. The molecule has 5 heteroatoms. The lowest BCUT2D eigenvalue weighted by molar-refractivity contribution is -0.133. The summed E-state index contributed by atoms with van der Waals surface area (Å²) in [4.78, 5) is 39.2. The standard InChI is InChI=1S/C22H19NO4/c24-20(14-15-8-2-1-3-9-15)27-19-13-7-6-12-18(19)23-21(25)16-10-4-5-11-17(16)22(23)26/h1-9,12-13,16-17H,10-11,14H2/t16-,17-/m1/s1. The average Bonchev–Trinajstić information content (AvgIpc) is 2.94. The number of hydrogen-bond donors (Lipinski definition) is 0. The Balaban J connectivity index is 1.57. The van der Waals surface area contributed by atoms with E-state index >= 15 is 0 Å². The Labute approximate surface area is 157 Å². The van der Waals surface area contributed by atoms with E-state index in [9.17, 15) is 14.4 Å². The molecule has 0 bridgehead atoms. The number of ether oxygens (including phenoxy) is 1. The summed E-state index contributed by atoms with van der Waals surface area (Å²) in [5.41, 5.74) is 1.17. The second kappa shape index (κ2) is 7.19. The fourth-order valence-electron chi connectivity index (χ4n) is 3.69. The Hall–Kier alpha value is -3.21. The van der Waals surface area contributed by atoms with Gasteiger partial charge in [0.05, 0.1) is 23.9 Å². The molecule has 2 aromatic carbocycles. The number of carbonyl (C=O) groups excluding carboxylic acids is 3. The molecule has 136 valence electrons. The van der Waals surface area contributed by atoms with Crippen molar-refractivity contribution in [2.24, 2.45) is 11.8 Å². The molecule has 27 heavy (non-hydrogen) atoms. The maximum Gasteiger partial charge on any atom is 0.315 e. The zero-order valence-electron chi connectivity index (χ0n) is 14.7. The van der Waals surface area contributed by atoms with Gasteiger partial charge in [0.2, 0.25) is 11.8 Å². The highest BCUT2D eigenvalue weighted by molar-refractivity contribution is 6.23. The Morgan fingerprint density at radius 1 is 0.889 bits per heavy atom. The minimum absolute atomic E-state index is 0.117. The summed E-state index contributed by atoms with van der Waals surface area (Å²) >= 11 is 0. The number of amides is 2. The van der Waals surface area contributed by atoms with Crippen LogP contribution in [0.4, 0.5) is 5.69 Å². The molecule has 0 unspecified atom stereocenters. The summed E-state index contributed by atoms with van der Waals surface area (Å²) < 4.78 is 5.51. The number of benzene rings is 2. The SMILES string of the molecule is O=C(Cc1ccccc1)Oc1ccccc1N1C(=O)[C@@H]2CC=CC[C@H]2C1=O. The van der Waals surface area contributed by atoms with E-state index in [1.54, 1.807) is 24.3 Å². The van der Waals surface area contributed by atoms with Crippen LogP contribution >= 0.6 is 0 Å². The molecule has 5 nitrogen and oxygen atoms in total. The molecule has 2 atom stereocenters. The first-order chi connectivity index (χ1) is 13.1. The lowest BCUT2D eigenvalue weighted by Crippen LogP contribution is -2.31. The monoisotopic (exact) mass is 361 g/mol. The fraction of sp³-hybridized carbons (Fsp3) is 0.227. The summed E-state index contributed by atoms with van der Waals surface area (Å²) in [6, 6.07) is 16.0. The van der Waals surface area contributed by atoms with Crippen molar-refractivity contribution < 1.29 is 19.1 Å². The molecule has 1 saturated heterocycles. The first kappa shape index (κ1) is 17.2. The van der Waals surface area contributed by atoms with Gasteiger partial charge in [0, 0.05) is 0 Å². The van der Waals surface area contributed by atoms with Crippen LogP contribution in [0.3, 0.4) is 0 Å². The number of esters is 1. The molecular weight excluding hydrogens is 342 g/mol. The molecule has 1 fully saturated rings. The van der Waals surface area contributed by atoms with Crippen molar-refractivity contribution in [2.75, 3.05) is 4.90 Å². The number of allylic oxidation sites excluding steroid dienone is 2. The number of nitrogens with zero attached hydrogens (tertiary/aromatic N) is 1. The van der Waals surface area contributed by atoms with Crippen LogP contribution in [0.25, 0.3) is 0 Å². The summed E-state index contributed by atoms with van der Waals surface area (Å²) in [6.45, 7) is 0. The van der Waals surface area contributed by atoms with Gasteiger partial charge in [-0.15, -0.1) is 0 Å². The van der Waals surface area contributed by atoms with Crippen LogP contribution in [-0.2, 0) is 20.8 Å². The van der Waals surface area contributed by atoms with Crippen molar-refractivity contribution in [3.05, 3.63) is 72.3 Å². The summed E-state index contributed by atoms with van der Waals surface area (Å²) in [7, 11) is 0. The van der Waals surface area contributed by atoms with E-state index in [4.69, 9.17) is 4.74 Å². The number of rotatable bonds is 4. The quantitative estimate of drug-likeness (QED) is 0.363. The maximum absolute atomic E-state index is 12.8. The molecule has 0 spiro atoms. The minimum atomic E-state index is -0.438. The van der Waals surface area contributed by atoms with Crippen LogP contribution in [0.15, 0.2) is 66.7 Å². The van der Waals surface area contributed by atoms with Gasteiger partial charge in [-0.25, -0.2) is 4.90 Å². The van der Waals surface area contributed by atoms with E-state index in [1.165, 1.54) is 4.90 Å². The predicted octanol–water partition coefficient (Wildman–Crippen LogP) is 3.29. The van der Waals surface area contributed by atoms with E-state index < -0.39 is 5.97 Å². The highest BCUT2D eigenvalue weighted by Gasteiger charge is 2.48. The number of imide groups is 1. The molecule has 4 rings (SSSR count). The van der Waals surface area contributed by atoms with Crippen LogP contribution in [0, 0.1) is 11.8 Å². The Kier molecular flexibility index (Phi) is 4.59. The average molecular weight is 361 g/mol. The van der Waals surface area contributed by atoms with Gasteiger partial charge < -0.3 is 4.74 Å². The van der Waals surface area contributed by atoms with Crippen LogP contribution in [-0.4, -0.2) is 17.8 Å². The Morgan fingerprint density at radius 2 is 1.48 bits per heavy atom. The smallest absolute Gasteiger partial charge is 0.315 e. The zero-order chi connectivity index (χ0) is 18.8. The molecule has 1 aliphatic carbocycles. The molecule has 2 aromatic rings. The van der Waals surface area contributed by atoms with Crippen molar-refractivity contribution >= 4 is 23.5 Å². The van der Waals surface area contributed by atoms with E-state index in [0.717, 1.165) is 5.56 Å². The molecule has 0 aromatic heterocycles. The number of carbonyl (C=O) groups is 3. The van der Waals surface area contributed by atoms with Crippen LogP contribution in [0.2, 0.25) is 0 Å². The second-order valence-electron chi connectivity index (χ2n) is 6.77. The lowest BCUT2D eigenvalue weighted by Gasteiger charge is -2.18. The number of anilines is 1. The predicted molar refractivity (Wildman–Crippen MR) is 100 cm³/mol. The molecule has 0 N–H and O–H groups in total. The highest BCUT2D eigenvalue weighted by atomic mass is 16.5. The minimum Gasteiger partial charge on any atom is -0.424 e. The van der Waals surface area contributed by atoms with Gasteiger partial charge in [0.25, 0.3) is 0 Å². The first-order valence-corrected chi connectivity index (χ1v) is 9.01. The van der Waals surface area contributed by atoms with Crippen LogP contribution < -0.4 is 9.64 Å². The second-order valence-corrected chi connectivity index (χ2v) is 6.77. The van der Waals surface area contributed by atoms with Gasteiger partial charge in [0.15, 0.2) is 5.75 Å². The van der Waals surface area contributed by atoms with E-state index in [1.807, 2.05) is 42.5 Å². The molecule has 1 heterocycles. The molecule has 0 radical (unpaired) electrons. The van der Waals surface area contributed by atoms with Crippen molar-refractivity contribution in [3.63, 3.8) is 0 Å². The van der Waals surface area contributed by atoms with Gasteiger partial charge in [-0.2, -0.15) is 0 Å². The van der Waals surface area contributed by atoms with Gasteiger partial charge >= 0.3 is 5.97 Å². The summed E-state index contributed by atoms with van der Waals surface area (Å²) in [5, 5.41) is 0. The summed E-state index contributed by atoms with van der Waals surface area (Å²) in [6.07, 6.45) is 5.15. The van der Waals surface area contributed by atoms with E-state index in [-0.39, 0.29) is 35.8 Å². The third-order valence-corrected chi connectivity index (χ3v) is 5.03. The van der Waals surface area contributed by atoms with Gasteiger partial charge in [0.1, 0.15) is 0 Å². The third-order valence-electron chi connectivity index (χ3n) is 5.03. The van der Waals surface area contributed by atoms with Gasteiger partial charge in [-0.3, -0.25) is 14.4 Å². The van der Waals surface area contributed by atoms with Crippen molar-refractivity contribution in [1.29, 1.82) is 0 Å². The van der Waals surface area contributed by atoms with E-state index in [2.05, 4.69) is 0 Å². The zero-order valence-corrected chi connectivity index (χ0v) is 14.7. The van der Waals surface area contributed by atoms with Crippen LogP contribution in [0.5, 0.6) is 5.75 Å². The van der Waals surface area contributed by atoms with Crippen LogP contribution in [0.1, 0.15) is 18.4 Å².